The van der Waals surface area contributed by atoms with E-state index in [1.54, 1.807) is 6.07 Å². The smallest absolute Gasteiger partial charge is 0.287 e. The number of nitrogens with two attached hydrogens (primary N) is 1. The zero-order valence-corrected chi connectivity index (χ0v) is 15.4. The maximum atomic E-state index is 12.8. The number of hydrazine groups is 1. The van der Waals surface area contributed by atoms with E-state index in [1.807, 2.05) is 35.8 Å². The van der Waals surface area contributed by atoms with Crippen LogP contribution in [0.5, 0.6) is 0 Å². The Bertz CT molecular complexity index is 1170. The van der Waals surface area contributed by atoms with Crippen molar-refractivity contribution in [3.05, 3.63) is 66.2 Å². The molecule has 6 nitrogen and oxygen atoms in total. The van der Waals surface area contributed by atoms with Crippen LogP contribution < -0.4 is 11.3 Å². The SMILES string of the molecule is NNC(=O)c1nc(-c2ccc(C(F)(F)F)nc2)cc(-c2cc3ccccc3s2)n1. The number of nitrogen functional groups attached to an aromatic ring is 1. The number of halogens is 3. The molecule has 0 radical (unpaired) electrons. The highest BCUT2D eigenvalue weighted by atomic mass is 32.1. The lowest BCUT2D eigenvalue weighted by Gasteiger charge is -2.08. The first-order valence-electron chi connectivity index (χ1n) is 8.28. The average Bonchev–Trinajstić information content (AvgIpc) is 3.16. The summed E-state index contributed by atoms with van der Waals surface area (Å²) in [5, 5.41) is 1.01. The summed E-state index contributed by atoms with van der Waals surface area (Å²) >= 11 is 1.47. The van der Waals surface area contributed by atoms with Gasteiger partial charge in [0.1, 0.15) is 5.69 Å². The van der Waals surface area contributed by atoms with E-state index in [9.17, 15) is 18.0 Å². The van der Waals surface area contributed by atoms with Crippen molar-refractivity contribution >= 4 is 27.3 Å². The molecular weight excluding hydrogens is 403 g/mol. The van der Waals surface area contributed by atoms with Gasteiger partial charge in [0.2, 0.25) is 5.82 Å². The quantitative estimate of drug-likeness (QED) is 0.299. The van der Waals surface area contributed by atoms with Crippen molar-refractivity contribution in [3.63, 3.8) is 0 Å². The van der Waals surface area contributed by atoms with Crippen molar-refractivity contribution in [2.45, 2.75) is 6.18 Å². The Hall–Kier alpha value is -3.37. The van der Waals surface area contributed by atoms with E-state index in [2.05, 4.69) is 15.0 Å². The summed E-state index contributed by atoms with van der Waals surface area (Å²) < 4.78 is 39.3. The number of hydrogen-bond donors (Lipinski definition) is 2. The largest absolute Gasteiger partial charge is 0.433 e. The molecule has 0 aliphatic rings. The number of benzene rings is 1. The topological polar surface area (TPSA) is 93.8 Å². The number of carbonyl (C=O) groups is 1. The van der Waals surface area contributed by atoms with Gasteiger partial charge in [0.05, 0.1) is 16.3 Å². The van der Waals surface area contributed by atoms with Crippen LogP contribution in [0.4, 0.5) is 13.2 Å². The lowest BCUT2D eigenvalue weighted by molar-refractivity contribution is -0.141. The monoisotopic (exact) mass is 415 g/mol. The molecule has 4 aromatic rings. The molecular formula is C19H12F3N5OS. The number of pyridine rings is 1. The molecule has 0 spiro atoms. The average molecular weight is 415 g/mol. The van der Waals surface area contributed by atoms with E-state index < -0.39 is 17.8 Å². The first-order valence-corrected chi connectivity index (χ1v) is 9.09. The highest BCUT2D eigenvalue weighted by Gasteiger charge is 2.32. The highest BCUT2D eigenvalue weighted by Crippen LogP contribution is 2.34. The first-order chi connectivity index (χ1) is 13.8. The molecule has 10 heteroatoms. The summed E-state index contributed by atoms with van der Waals surface area (Å²) in [7, 11) is 0. The summed E-state index contributed by atoms with van der Waals surface area (Å²) in [5.41, 5.74) is 1.98. The van der Waals surface area contributed by atoms with Gasteiger partial charge < -0.3 is 0 Å². The van der Waals surface area contributed by atoms with E-state index in [4.69, 9.17) is 5.84 Å². The number of nitrogens with zero attached hydrogens (tertiary/aromatic N) is 3. The Morgan fingerprint density at radius 1 is 1.03 bits per heavy atom. The van der Waals surface area contributed by atoms with Crippen molar-refractivity contribution < 1.29 is 18.0 Å². The second-order valence-electron chi connectivity index (χ2n) is 6.01. The lowest BCUT2D eigenvalue weighted by Crippen LogP contribution is -2.31. The van der Waals surface area contributed by atoms with Crippen molar-refractivity contribution in [2.75, 3.05) is 0 Å². The lowest BCUT2D eigenvalue weighted by atomic mass is 10.1. The van der Waals surface area contributed by atoms with Crippen LogP contribution in [0, 0.1) is 0 Å². The molecule has 0 saturated heterocycles. The van der Waals surface area contributed by atoms with Gasteiger partial charge in [0.25, 0.3) is 0 Å². The van der Waals surface area contributed by atoms with Gasteiger partial charge >= 0.3 is 12.1 Å². The molecule has 0 aliphatic heterocycles. The summed E-state index contributed by atoms with van der Waals surface area (Å²) in [6.45, 7) is 0. The molecule has 0 fully saturated rings. The fourth-order valence-corrected chi connectivity index (χ4v) is 3.73. The molecule has 3 N–H and O–H groups in total. The van der Waals surface area contributed by atoms with Crippen molar-refractivity contribution in [3.8, 4) is 21.8 Å². The number of carbonyl (C=O) groups excluding carboxylic acids is 1. The molecule has 4 rings (SSSR count). The number of aromatic nitrogens is 3. The molecule has 0 saturated carbocycles. The first kappa shape index (κ1) is 19.0. The molecule has 0 bridgehead atoms. The van der Waals surface area contributed by atoms with Crippen LogP contribution in [-0.2, 0) is 6.18 Å². The number of amides is 1. The maximum absolute atomic E-state index is 12.8. The van der Waals surface area contributed by atoms with Crippen LogP contribution >= 0.6 is 11.3 Å². The summed E-state index contributed by atoms with van der Waals surface area (Å²) in [6.07, 6.45) is -3.49. The van der Waals surface area contributed by atoms with Crippen LogP contribution in [-0.4, -0.2) is 20.9 Å². The normalized spacial score (nSPS) is 11.6. The molecule has 3 aromatic heterocycles. The fraction of sp³-hybridized carbons (Fsp3) is 0.0526. The van der Waals surface area contributed by atoms with Crippen LogP contribution in [0.15, 0.2) is 54.7 Å². The minimum Gasteiger partial charge on any atom is -0.287 e. The Morgan fingerprint density at radius 3 is 2.45 bits per heavy atom. The van der Waals surface area contributed by atoms with Gasteiger partial charge in [-0.15, -0.1) is 11.3 Å². The molecule has 146 valence electrons. The number of alkyl halides is 3. The summed E-state index contributed by atoms with van der Waals surface area (Å²) in [5.74, 6) is 4.29. The van der Waals surface area contributed by atoms with E-state index in [0.717, 1.165) is 27.2 Å². The number of rotatable bonds is 3. The minimum absolute atomic E-state index is 0.197. The van der Waals surface area contributed by atoms with Gasteiger partial charge in [-0.1, -0.05) is 18.2 Å². The van der Waals surface area contributed by atoms with E-state index >= 15 is 0 Å². The predicted molar refractivity (Wildman–Crippen MR) is 103 cm³/mol. The van der Waals surface area contributed by atoms with Crippen LogP contribution in [0.2, 0.25) is 0 Å². The molecule has 0 unspecified atom stereocenters. The van der Waals surface area contributed by atoms with Crippen molar-refractivity contribution in [1.29, 1.82) is 0 Å². The third-order valence-corrected chi connectivity index (χ3v) is 5.23. The van der Waals surface area contributed by atoms with Crippen molar-refractivity contribution in [1.82, 2.24) is 20.4 Å². The van der Waals surface area contributed by atoms with Crippen LogP contribution in [0.1, 0.15) is 16.3 Å². The molecule has 1 amide bonds. The summed E-state index contributed by atoms with van der Waals surface area (Å²) in [4.78, 5) is 24.6. The zero-order chi connectivity index (χ0) is 20.6. The highest BCUT2D eigenvalue weighted by molar-refractivity contribution is 7.22. The van der Waals surface area contributed by atoms with Gasteiger partial charge in [0, 0.05) is 16.5 Å². The molecule has 0 aliphatic carbocycles. The van der Waals surface area contributed by atoms with Gasteiger partial charge in [-0.3, -0.25) is 15.2 Å². The number of fused-ring (bicyclic) bond motifs is 1. The van der Waals surface area contributed by atoms with Gasteiger partial charge in [-0.05, 0) is 35.7 Å². The number of nitrogens with one attached hydrogen (secondary N) is 1. The fourth-order valence-electron chi connectivity index (χ4n) is 2.71. The maximum Gasteiger partial charge on any atom is 0.433 e. The van der Waals surface area contributed by atoms with Gasteiger partial charge in [0.15, 0.2) is 0 Å². The third kappa shape index (κ3) is 3.80. The Morgan fingerprint density at radius 2 is 1.79 bits per heavy atom. The molecule has 0 atom stereocenters. The second kappa shape index (κ2) is 7.22. The second-order valence-corrected chi connectivity index (χ2v) is 7.10. The molecule has 1 aromatic carbocycles. The zero-order valence-electron chi connectivity index (χ0n) is 14.6. The summed E-state index contributed by atoms with van der Waals surface area (Å²) in [6, 6.07) is 13.4. The molecule has 3 heterocycles. The van der Waals surface area contributed by atoms with E-state index in [1.165, 1.54) is 17.4 Å². The Labute approximate surface area is 166 Å². The van der Waals surface area contributed by atoms with Crippen LogP contribution in [0.3, 0.4) is 0 Å². The number of hydrogen-bond acceptors (Lipinski definition) is 6. The van der Waals surface area contributed by atoms with Gasteiger partial charge in [-0.2, -0.15) is 13.2 Å². The van der Waals surface area contributed by atoms with E-state index in [-0.39, 0.29) is 11.5 Å². The Kier molecular flexibility index (Phi) is 4.73. The third-order valence-electron chi connectivity index (χ3n) is 4.09. The van der Waals surface area contributed by atoms with Gasteiger partial charge in [-0.25, -0.2) is 15.8 Å². The van der Waals surface area contributed by atoms with Crippen molar-refractivity contribution in [2.24, 2.45) is 5.84 Å². The predicted octanol–water partition coefficient (Wildman–Crippen LogP) is 4.04. The number of thiophene rings is 1. The standard InChI is InChI=1S/C19H12F3N5OS/c20-19(21,22)16-6-5-11(9-24-16)12-8-13(26-17(25-12)18(28)27-23)15-7-10-3-1-2-4-14(10)29-15/h1-9H,23H2,(H,27,28). The molecule has 29 heavy (non-hydrogen) atoms. The van der Waals surface area contributed by atoms with E-state index in [0.29, 0.717) is 11.3 Å². The van der Waals surface area contributed by atoms with Crippen LogP contribution in [0.25, 0.3) is 31.9 Å². The Balaban J connectivity index is 1.83. The minimum atomic E-state index is -4.54.